The van der Waals surface area contributed by atoms with Crippen LogP contribution < -0.4 is 15.7 Å². The first kappa shape index (κ1) is 22.8. The van der Waals surface area contributed by atoms with Crippen molar-refractivity contribution < 1.29 is 18.4 Å². The van der Waals surface area contributed by atoms with E-state index in [2.05, 4.69) is 10.3 Å². The first-order valence-electron chi connectivity index (χ1n) is 11.6. The number of aryl methyl sites for hydroxylation is 4. The second-order valence-corrected chi connectivity index (χ2v) is 9.03. The van der Waals surface area contributed by atoms with Gasteiger partial charge in [0.05, 0.1) is 19.1 Å². The van der Waals surface area contributed by atoms with Crippen LogP contribution in [0, 0.1) is 27.7 Å². The quantitative estimate of drug-likeness (QED) is 0.333. The number of aromatic amines is 1. The third-order valence-corrected chi connectivity index (χ3v) is 6.97. The largest absolute Gasteiger partial charge is 0.497 e. The van der Waals surface area contributed by atoms with Gasteiger partial charge in [0, 0.05) is 46.0 Å². The van der Waals surface area contributed by atoms with Crippen LogP contribution in [0.25, 0.3) is 32.8 Å². The van der Waals surface area contributed by atoms with Crippen molar-refractivity contribution in [2.45, 2.75) is 40.5 Å². The molecule has 0 aliphatic rings. The molecule has 0 aliphatic heterocycles. The molecular formula is C28H28N2O5. The van der Waals surface area contributed by atoms with Crippen molar-refractivity contribution in [3.63, 3.8) is 0 Å². The van der Waals surface area contributed by atoms with Crippen molar-refractivity contribution in [2.75, 3.05) is 13.7 Å². The van der Waals surface area contributed by atoms with Crippen LogP contribution in [-0.2, 0) is 17.6 Å². The van der Waals surface area contributed by atoms with Crippen molar-refractivity contribution in [2.24, 2.45) is 0 Å². The molecule has 0 unspecified atom stereocenters. The van der Waals surface area contributed by atoms with E-state index in [4.69, 9.17) is 13.6 Å². The van der Waals surface area contributed by atoms with Crippen LogP contribution in [0.4, 0.5) is 0 Å². The molecule has 0 spiro atoms. The Morgan fingerprint density at radius 2 is 1.71 bits per heavy atom. The van der Waals surface area contributed by atoms with E-state index in [1.165, 1.54) is 0 Å². The van der Waals surface area contributed by atoms with Gasteiger partial charge < -0.3 is 23.9 Å². The van der Waals surface area contributed by atoms with Crippen LogP contribution in [0.15, 0.2) is 44.1 Å². The smallest absolute Gasteiger partial charge is 0.340 e. The predicted molar refractivity (Wildman–Crippen MR) is 136 cm³/mol. The van der Waals surface area contributed by atoms with E-state index < -0.39 is 5.63 Å². The molecule has 35 heavy (non-hydrogen) atoms. The number of hydrogen-bond acceptors (Lipinski definition) is 5. The average molecular weight is 473 g/mol. The molecule has 0 saturated heterocycles. The summed E-state index contributed by atoms with van der Waals surface area (Å²) in [5.74, 6) is 1.42. The molecule has 2 aromatic carbocycles. The van der Waals surface area contributed by atoms with Crippen molar-refractivity contribution in [1.29, 1.82) is 0 Å². The number of nitrogens with one attached hydrogen (secondary N) is 2. The molecule has 5 rings (SSSR count). The van der Waals surface area contributed by atoms with Crippen molar-refractivity contribution in [3.8, 4) is 5.75 Å². The summed E-state index contributed by atoms with van der Waals surface area (Å²) in [6.45, 7) is 8.16. The Hall–Kier alpha value is -4.00. The zero-order valence-corrected chi connectivity index (χ0v) is 20.5. The highest BCUT2D eigenvalue weighted by molar-refractivity contribution is 6.00. The molecule has 0 fully saturated rings. The number of amides is 1. The number of furan rings is 1. The second kappa shape index (κ2) is 8.65. The number of carbonyl (C=O) groups is 1. The van der Waals surface area contributed by atoms with Gasteiger partial charge >= 0.3 is 5.63 Å². The normalized spacial score (nSPS) is 11.6. The number of hydrogen-bond donors (Lipinski definition) is 2. The van der Waals surface area contributed by atoms with Crippen molar-refractivity contribution in [1.82, 2.24) is 10.3 Å². The van der Waals surface area contributed by atoms with E-state index in [1.807, 2.05) is 58.2 Å². The monoisotopic (exact) mass is 472 g/mol. The molecule has 3 heterocycles. The highest BCUT2D eigenvalue weighted by atomic mass is 16.5. The van der Waals surface area contributed by atoms with Gasteiger partial charge in [-0.25, -0.2) is 4.79 Å². The van der Waals surface area contributed by atoms with Crippen LogP contribution in [0.1, 0.15) is 33.6 Å². The molecular weight excluding hydrogens is 444 g/mol. The van der Waals surface area contributed by atoms with Gasteiger partial charge in [0.1, 0.15) is 22.7 Å². The molecule has 5 aromatic rings. The molecule has 0 bridgehead atoms. The summed E-state index contributed by atoms with van der Waals surface area (Å²) in [5, 5.41) is 5.86. The van der Waals surface area contributed by atoms with Crippen LogP contribution in [0.5, 0.6) is 5.75 Å². The number of benzene rings is 2. The molecule has 1 amide bonds. The van der Waals surface area contributed by atoms with Crippen LogP contribution in [0.3, 0.4) is 0 Å². The van der Waals surface area contributed by atoms with Crippen molar-refractivity contribution in [3.05, 3.63) is 74.5 Å². The molecule has 7 heteroatoms. The third kappa shape index (κ3) is 3.87. The highest BCUT2D eigenvalue weighted by Crippen LogP contribution is 2.34. The molecule has 0 atom stereocenters. The minimum atomic E-state index is -0.488. The maximum atomic E-state index is 12.8. The Balaban J connectivity index is 1.35. The second-order valence-electron chi connectivity index (χ2n) is 9.03. The van der Waals surface area contributed by atoms with E-state index in [-0.39, 0.29) is 12.3 Å². The first-order chi connectivity index (χ1) is 16.8. The summed E-state index contributed by atoms with van der Waals surface area (Å²) in [7, 11) is 1.64. The number of aromatic nitrogens is 1. The summed E-state index contributed by atoms with van der Waals surface area (Å²) in [4.78, 5) is 28.8. The Kier molecular flexibility index (Phi) is 5.63. The fourth-order valence-electron chi connectivity index (χ4n) is 4.76. The zero-order chi connectivity index (χ0) is 24.9. The fourth-order valence-corrected chi connectivity index (χ4v) is 4.76. The lowest BCUT2D eigenvalue weighted by atomic mass is 9.98. The number of ether oxygens (including phenoxy) is 1. The SMILES string of the molecule is COc1ccc2c(CCNC(=O)Cc3c(C)c4cc5c(C)c(C)oc5c(C)c4oc3=O)c[nH]c2c1. The summed E-state index contributed by atoms with van der Waals surface area (Å²) >= 11 is 0. The van der Waals surface area contributed by atoms with Gasteiger partial charge in [0.15, 0.2) is 0 Å². The summed E-state index contributed by atoms with van der Waals surface area (Å²) < 4.78 is 16.8. The highest BCUT2D eigenvalue weighted by Gasteiger charge is 2.20. The van der Waals surface area contributed by atoms with Crippen LogP contribution in [0.2, 0.25) is 0 Å². The average Bonchev–Trinajstić information content (AvgIpc) is 3.38. The number of carbonyl (C=O) groups excluding carboxylic acids is 1. The fraction of sp³-hybridized carbons (Fsp3) is 0.286. The van der Waals surface area contributed by atoms with Gasteiger partial charge in [0.2, 0.25) is 5.91 Å². The standard InChI is InChI=1S/C28H28N2O5/c1-14-17(4)34-26-16(3)27-22(11-21(14)26)15(2)23(28(32)35-27)12-25(31)29-9-8-18-13-30-24-10-19(33-5)6-7-20(18)24/h6-7,10-11,13,30H,8-9,12H2,1-5H3,(H,29,31). The lowest BCUT2D eigenvalue weighted by molar-refractivity contribution is -0.120. The Morgan fingerprint density at radius 1 is 0.971 bits per heavy atom. The van der Waals surface area contributed by atoms with Crippen LogP contribution >= 0.6 is 0 Å². The molecule has 0 aliphatic carbocycles. The van der Waals surface area contributed by atoms with E-state index in [1.54, 1.807) is 7.11 Å². The van der Waals surface area contributed by atoms with E-state index >= 15 is 0 Å². The topological polar surface area (TPSA) is 97.5 Å². The number of fused-ring (bicyclic) bond motifs is 3. The summed E-state index contributed by atoms with van der Waals surface area (Å²) in [6.07, 6.45) is 2.58. The Bertz CT molecular complexity index is 1670. The van der Waals surface area contributed by atoms with Gasteiger partial charge in [0.25, 0.3) is 0 Å². The van der Waals surface area contributed by atoms with Gasteiger partial charge in [-0.15, -0.1) is 0 Å². The van der Waals surface area contributed by atoms with Gasteiger partial charge in [-0.05, 0) is 69.0 Å². The van der Waals surface area contributed by atoms with E-state index in [0.717, 1.165) is 61.0 Å². The molecule has 0 radical (unpaired) electrons. The van der Waals surface area contributed by atoms with Gasteiger partial charge in [-0.1, -0.05) is 0 Å². The molecule has 7 nitrogen and oxygen atoms in total. The zero-order valence-electron chi connectivity index (χ0n) is 20.5. The lowest BCUT2D eigenvalue weighted by Gasteiger charge is -2.10. The molecule has 3 aromatic heterocycles. The van der Waals surface area contributed by atoms with Crippen molar-refractivity contribution >= 4 is 38.7 Å². The Morgan fingerprint density at radius 3 is 2.49 bits per heavy atom. The molecule has 180 valence electrons. The van der Waals surface area contributed by atoms with E-state index in [9.17, 15) is 9.59 Å². The minimum absolute atomic E-state index is 0.0321. The maximum Gasteiger partial charge on any atom is 0.340 e. The molecule has 0 saturated carbocycles. The lowest BCUT2D eigenvalue weighted by Crippen LogP contribution is -2.29. The maximum absolute atomic E-state index is 12.8. The summed E-state index contributed by atoms with van der Waals surface area (Å²) in [5.41, 5.74) is 5.85. The van der Waals surface area contributed by atoms with Crippen LogP contribution in [-0.4, -0.2) is 24.5 Å². The van der Waals surface area contributed by atoms with Gasteiger partial charge in [-0.2, -0.15) is 0 Å². The molecule has 2 N–H and O–H groups in total. The Labute approximate surface area is 202 Å². The van der Waals surface area contributed by atoms with E-state index in [0.29, 0.717) is 24.1 Å². The summed E-state index contributed by atoms with van der Waals surface area (Å²) in [6, 6.07) is 7.87. The number of methoxy groups -OCH3 is 1. The predicted octanol–water partition coefficient (Wildman–Crippen LogP) is 5.16. The number of H-pyrrole nitrogens is 1. The number of rotatable bonds is 6. The van der Waals surface area contributed by atoms with Gasteiger partial charge in [-0.3, -0.25) is 4.79 Å². The minimum Gasteiger partial charge on any atom is -0.497 e. The third-order valence-electron chi connectivity index (χ3n) is 6.97. The first-order valence-corrected chi connectivity index (χ1v) is 11.6.